The summed E-state index contributed by atoms with van der Waals surface area (Å²) in [6, 6.07) is 6.62. The zero-order chi connectivity index (χ0) is 14.7. The van der Waals surface area contributed by atoms with E-state index in [1.165, 1.54) is 6.07 Å². The van der Waals surface area contributed by atoms with Crippen molar-refractivity contribution in [2.45, 2.75) is 26.4 Å². The van der Waals surface area contributed by atoms with Gasteiger partial charge in [-0.2, -0.15) is 5.10 Å². The van der Waals surface area contributed by atoms with Gasteiger partial charge in [0.15, 0.2) is 0 Å². The van der Waals surface area contributed by atoms with Gasteiger partial charge in [0.25, 0.3) is 5.91 Å². The summed E-state index contributed by atoms with van der Waals surface area (Å²) in [6.07, 6.45) is 1.76. The van der Waals surface area contributed by atoms with Crippen molar-refractivity contribution < 1.29 is 9.18 Å². The number of nitrogens with one attached hydrogen (secondary N) is 1. The predicted molar refractivity (Wildman–Crippen MR) is 77.9 cm³/mol. The van der Waals surface area contributed by atoms with E-state index in [1.807, 2.05) is 13.8 Å². The minimum atomic E-state index is -0.346. The molecule has 0 aliphatic rings. The third kappa shape index (κ3) is 3.45. The molecular formula is C14H15BrFN3O. The summed E-state index contributed by atoms with van der Waals surface area (Å²) in [5.41, 5.74) is 1.05. The third-order valence-corrected chi connectivity index (χ3v) is 3.45. The molecule has 1 heterocycles. The highest BCUT2D eigenvalue weighted by atomic mass is 79.9. The first-order chi connectivity index (χ1) is 9.47. The molecule has 1 aromatic heterocycles. The van der Waals surface area contributed by atoms with Crippen LogP contribution in [-0.2, 0) is 6.54 Å². The maximum atomic E-state index is 13.3. The third-order valence-electron chi connectivity index (χ3n) is 2.81. The summed E-state index contributed by atoms with van der Waals surface area (Å²) in [7, 11) is 0. The SMILES string of the molecule is CC(C)n1ccc(C(=O)NCc2ccc(Br)c(F)c2)n1. The molecule has 4 nitrogen and oxygen atoms in total. The van der Waals surface area contributed by atoms with Crippen LogP contribution in [0.4, 0.5) is 4.39 Å². The standard InChI is InChI=1S/C14H15BrFN3O/c1-9(2)19-6-5-13(18-19)14(20)17-8-10-3-4-11(15)12(16)7-10/h3-7,9H,8H2,1-2H3,(H,17,20). The van der Waals surface area contributed by atoms with Crippen molar-refractivity contribution in [3.05, 3.63) is 52.0 Å². The van der Waals surface area contributed by atoms with Gasteiger partial charge in [0, 0.05) is 18.8 Å². The summed E-state index contributed by atoms with van der Waals surface area (Å²) < 4.78 is 15.5. The number of nitrogens with zero attached hydrogens (tertiary/aromatic N) is 2. The largest absolute Gasteiger partial charge is 0.347 e. The van der Waals surface area contributed by atoms with E-state index >= 15 is 0 Å². The Hall–Kier alpha value is -1.69. The molecule has 0 aliphatic heterocycles. The molecule has 1 amide bonds. The van der Waals surface area contributed by atoms with Gasteiger partial charge in [-0.25, -0.2) is 4.39 Å². The number of hydrogen-bond acceptors (Lipinski definition) is 2. The van der Waals surface area contributed by atoms with Crippen LogP contribution < -0.4 is 5.32 Å². The number of halogens is 2. The second-order valence-corrected chi connectivity index (χ2v) is 5.56. The highest BCUT2D eigenvalue weighted by Gasteiger charge is 2.10. The fourth-order valence-corrected chi connectivity index (χ4v) is 1.92. The number of hydrogen-bond donors (Lipinski definition) is 1. The lowest BCUT2D eigenvalue weighted by Crippen LogP contribution is -2.23. The minimum absolute atomic E-state index is 0.206. The number of carbonyl (C=O) groups is 1. The molecule has 0 spiro atoms. The van der Waals surface area contributed by atoms with E-state index in [-0.39, 0.29) is 24.3 Å². The van der Waals surface area contributed by atoms with Gasteiger partial charge in [0.1, 0.15) is 11.5 Å². The molecule has 0 radical (unpaired) electrons. The smallest absolute Gasteiger partial charge is 0.272 e. The molecule has 0 fully saturated rings. The molecule has 0 saturated carbocycles. The summed E-state index contributed by atoms with van der Waals surface area (Å²) in [5, 5.41) is 6.89. The van der Waals surface area contributed by atoms with Crippen LogP contribution in [0, 0.1) is 5.82 Å². The Bertz CT molecular complexity index is 625. The fourth-order valence-electron chi connectivity index (χ4n) is 1.67. The molecule has 0 bridgehead atoms. The molecule has 0 saturated heterocycles. The first-order valence-corrected chi connectivity index (χ1v) is 7.04. The second-order valence-electron chi connectivity index (χ2n) is 4.71. The van der Waals surface area contributed by atoms with Crippen LogP contribution in [0.1, 0.15) is 35.9 Å². The fraction of sp³-hybridized carbons (Fsp3) is 0.286. The van der Waals surface area contributed by atoms with E-state index in [2.05, 4.69) is 26.3 Å². The molecule has 2 aromatic rings. The number of amides is 1. The van der Waals surface area contributed by atoms with E-state index in [9.17, 15) is 9.18 Å². The van der Waals surface area contributed by atoms with E-state index in [0.717, 1.165) is 0 Å². The summed E-state index contributed by atoms with van der Waals surface area (Å²) in [5.74, 6) is -0.617. The Kier molecular flexibility index (Phi) is 4.54. The average Bonchev–Trinajstić information content (AvgIpc) is 2.89. The van der Waals surface area contributed by atoms with Crippen LogP contribution in [0.5, 0.6) is 0 Å². The van der Waals surface area contributed by atoms with Gasteiger partial charge in [-0.05, 0) is 53.5 Å². The lowest BCUT2D eigenvalue weighted by atomic mass is 10.2. The van der Waals surface area contributed by atoms with Crippen LogP contribution in [0.2, 0.25) is 0 Å². The molecule has 0 unspecified atom stereocenters. The Balaban J connectivity index is 1.99. The maximum Gasteiger partial charge on any atom is 0.272 e. The molecule has 2 rings (SSSR count). The lowest BCUT2D eigenvalue weighted by molar-refractivity contribution is 0.0945. The van der Waals surface area contributed by atoms with Crippen molar-refractivity contribution in [3.63, 3.8) is 0 Å². The van der Waals surface area contributed by atoms with Crippen molar-refractivity contribution in [3.8, 4) is 0 Å². The van der Waals surface area contributed by atoms with Gasteiger partial charge < -0.3 is 5.32 Å². The quantitative estimate of drug-likeness (QED) is 0.928. The monoisotopic (exact) mass is 339 g/mol. The average molecular weight is 340 g/mol. The Morgan fingerprint density at radius 1 is 1.45 bits per heavy atom. The van der Waals surface area contributed by atoms with E-state index in [0.29, 0.717) is 15.7 Å². The Morgan fingerprint density at radius 3 is 2.80 bits per heavy atom. The van der Waals surface area contributed by atoms with Crippen molar-refractivity contribution in [2.75, 3.05) is 0 Å². The van der Waals surface area contributed by atoms with E-state index in [1.54, 1.807) is 29.1 Å². The maximum absolute atomic E-state index is 13.3. The van der Waals surface area contributed by atoms with Gasteiger partial charge in [-0.1, -0.05) is 6.07 Å². The van der Waals surface area contributed by atoms with Crippen LogP contribution in [0.3, 0.4) is 0 Å². The van der Waals surface area contributed by atoms with E-state index in [4.69, 9.17) is 0 Å². The topological polar surface area (TPSA) is 46.9 Å². The van der Waals surface area contributed by atoms with Gasteiger partial charge in [-0.15, -0.1) is 0 Å². The second kappa shape index (κ2) is 6.17. The van der Waals surface area contributed by atoms with Crippen LogP contribution in [-0.4, -0.2) is 15.7 Å². The van der Waals surface area contributed by atoms with Crippen LogP contribution in [0.25, 0.3) is 0 Å². The first kappa shape index (κ1) is 14.7. The highest BCUT2D eigenvalue weighted by Crippen LogP contribution is 2.16. The Labute approximate surface area is 125 Å². The van der Waals surface area contributed by atoms with Crippen molar-refractivity contribution in [1.82, 2.24) is 15.1 Å². The normalized spacial score (nSPS) is 10.8. The van der Waals surface area contributed by atoms with Gasteiger partial charge in [0.2, 0.25) is 0 Å². The van der Waals surface area contributed by atoms with Crippen molar-refractivity contribution in [1.29, 1.82) is 0 Å². The molecule has 1 aromatic carbocycles. The summed E-state index contributed by atoms with van der Waals surface area (Å²) in [6.45, 7) is 4.23. The molecule has 20 heavy (non-hydrogen) atoms. The van der Waals surface area contributed by atoms with E-state index < -0.39 is 0 Å². The Morgan fingerprint density at radius 2 is 2.20 bits per heavy atom. The van der Waals surface area contributed by atoms with Gasteiger partial charge in [-0.3, -0.25) is 9.48 Å². The number of rotatable bonds is 4. The molecule has 1 N–H and O–H groups in total. The zero-order valence-corrected chi connectivity index (χ0v) is 12.8. The van der Waals surface area contributed by atoms with Crippen LogP contribution in [0.15, 0.2) is 34.9 Å². The summed E-state index contributed by atoms with van der Waals surface area (Å²) >= 11 is 3.09. The number of carbonyl (C=O) groups excluding carboxylic acids is 1. The lowest BCUT2D eigenvalue weighted by Gasteiger charge is -2.05. The predicted octanol–water partition coefficient (Wildman–Crippen LogP) is 3.30. The molecule has 6 heteroatoms. The summed E-state index contributed by atoms with van der Waals surface area (Å²) in [4.78, 5) is 11.9. The van der Waals surface area contributed by atoms with Gasteiger partial charge in [0.05, 0.1) is 4.47 Å². The van der Waals surface area contributed by atoms with Gasteiger partial charge >= 0.3 is 0 Å². The highest BCUT2D eigenvalue weighted by molar-refractivity contribution is 9.10. The molecule has 106 valence electrons. The minimum Gasteiger partial charge on any atom is -0.347 e. The molecule has 0 atom stereocenters. The zero-order valence-electron chi connectivity index (χ0n) is 11.2. The van der Waals surface area contributed by atoms with Crippen LogP contribution >= 0.6 is 15.9 Å². The number of benzene rings is 1. The molecule has 0 aliphatic carbocycles. The number of aromatic nitrogens is 2. The first-order valence-electron chi connectivity index (χ1n) is 6.24. The van der Waals surface area contributed by atoms with Crippen molar-refractivity contribution in [2.24, 2.45) is 0 Å². The van der Waals surface area contributed by atoms with Crippen molar-refractivity contribution >= 4 is 21.8 Å². The molecular weight excluding hydrogens is 325 g/mol.